The molecule has 1 rings (SSSR count). The first-order chi connectivity index (χ1) is 7.09. The summed E-state index contributed by atoms with van der Waals surface area (Å²) in [5.41, 5.74) is -1.13. The van der Waals surface area contributed by atoms with Crippen LogP contribution in [-0.2, 0) is 6.18 Å². The van der Waals surface area contributed by atoms with E-state index in [-0.39, 0.29) is 4.47 Å². The van der Waals surface area contributed by atoms with Crippen molar-refractivity contribution in [3.05, 3.63) is 22.3 Å². The number of anilines is 1. The Bertz CT molecular complexity index is 391. The lowest BCUT2D eigenvalue weighted by atomic mass is 10.2. The van der Waals surface area contributed by atoms with Crippen molar-refractivity contribution >= 4 is 21.7 Å². The van der Waals surface area contributed by atoms with Gasteiger partial charge in [-0.3, -0.25) is 0 Å². The minimum atomic E-state index is -4.66. The molecule has 72 valence electrons. The highest BCUT2D eigenvalue weighted by atomic mass is 79.9. The van der Waals surface area contributed by atoms with Crippen LogP contribution in [0.5, 0.6) is 0 Å². The lowest BCUT2D eigenvalue weighted by Gasteiger charge is -2.11. The van der Waals surface area contributed by atoms with Crippen LogP contribution in [0.3, 0.4) is 0 Å². The molecular weight excluding hydrogens is 249 g/mol. The monoisotopic (exact) mass is 257 g/mol. The second kappa shape index (κ2) is 3.53. The van der Waals surface area contributed by atoms with Crippen LogP contribution in [0.1, 0.15) is 9.68 Å². The number of hydrogen-bond acceptors (Lipinski definition) is 2. The molecule has 0 spiro atoms. The molecule has 0 bridgehead atoms. The van der Waals surface area contributed by atoms with Gasteiger partial charge in [0.2, 0.25) is 0 Å². The van der Waals surface area contributed by atoms with Crippen molar-refractivity contribution < 1.29 is 17.3 Å². The van der Waals surface area contributed by atoms with Gasteiger partial charge in [0.1, 0.15) is 5.82 Å². The Labute approximate surface area is 85.5 Å². The van der Waals surface area contributed by atoms with E-state index in [9.17, 15) is 13.2 Å². The molecule has 0 aliphatic heterocycles. The number of alkyl halides is 3. The quantitative estimate of drug-likeness (QED) is 0.837. The number of nitrogens with zero attached hydrogens (tertiary/aromatic N) is 1. The zero-order valence-corrected chi connectivity index (χ0v) is 7.70. The fraction of sp³-hybridized carbons (Fsp3) is 0.286. The number of pyridine rings is 1. The second-order valence-electron chi connectivity index (χ2n) is 2.17. The molecule has 1 N–H and O–H groups in total. The molecule has 0 unspecified atom stereocenters. The Balaban J connectivity index is 3.19. The number of halogens is 4. The molecule has 0 aliphatic rings. The molecule has 0 fully saturated rings. The summed E-state index contributed by atoms with van der Waals surface area (Å²) in [6.45, 7) is -2.72. The van der Waals surface area contributed by atoms with Gasteiger partial charge in [0.15, 0.2) is 0 Å². The van der Waals surface area contributed by atoms with E-state index in [2.05, 4.69) is 20.9 Å². The first-order valence-electron chi connectivity index (χ1n) is 4.60. The normalized spacial score (nSPS) is 15.8. The van der Waals surface area contributed by atoms with Crippen molar-refractivity contribution in [1.82, 2.24) is 4.98 Å². The van der Waals surface area contributed by atoms with E-state index in [4.69, 9.17) is 4.11 Å². The number of aromatic nitrogens is 1. The number of hydrogen-bond donors (Lipinski definition) is 1. The lowest BCUT2D eigenvalue weighted by molar-refractivity contribution is -0.137. The molecule has 1 aromatic heterocycles. The van der Waals surface area contributed by atoms with Crippen molar-refractivity contribution in [3.8, 4) is 0 Å². The summed E-state index contributed by atoms with van der Waals surface area (Å²) in [6, 6.07) is 0.765. The molecule has 6 heteroatoms. The molecule has 0 aliphatic carbocycles. The molecule has 0 radical (unpaired) electrons. The topological polar surface area (TPSA) is 24.9 Å². The third-order valence-electron chi connectivity index (χ3n) is 1.28. The Morgan fingerprint density at radius 3 is 2.85 bits per heavy atom. The van der Waals surface area contributed by atoms with E-state index in [1.165, 1.54) is 0 Å². The van der Waals surface area contributed by atoms with Gasteiger partial charge in [0.05, 0.1) is 5.56 Å². The van der Waals surface area contributed by atoms with Crippen LogP contribution < -0.4 is 5.32 Å². The van der Waals surface area contributed by atoms with E-state index in [0.717, 1.165) is 12.3 Å². The Kier molecular flexibility index (Phi) is 1.80. The van der Waals surface area contributed by atoms with E-state index in [0.29, 0.717) is 0 Å². The van der Waals surface area contributed by atoms with Gasteiger partial charge >= 0.3 is 6.18 Å². The number of rotatable bonds is 1. The molecule has 1 heterocycles. The predicted molar refractivity (Wildman–Crippen MR) is 46.5 cm³/mol. The molecule has 0 amide bonds. The van der Waals surface area contributed by atoms with Gasteiger partial charge in [0, 0.05) is 21.8 Å². The largest absolute Gasteiger partial charge is 0.419 e. The van der Waals surface area contributed by atoms with Crippen molar-refractivity contribution in [2.24, 2.45) is 0 Å². The average molecular weight is 258 g/mol. The molecule has 13 heavy (non-hydrogen) atoms. The molecule has 2 nitrogen and oxygen atoms in total. The van der Waals surface area contributed by atoms with Crippen molar-refractivity contribution in [2.75, 3.05) is 12.3 Å². The maximum atomic E-state index is 12.5. The van der Waals surface area contributed by atoms with Gasteiger partial charge < -0.3 is 5.32 Å². The zero-order valence-electron chi connectivity index (χ0n) is 9.11. The fourth-order valence-electron chi connectivity index (χ4n) is 0.755. The van der Waals surface area contributed by atoms with Gasteiger partial charge in [0.25, 0.3) is 0 Å². The minimum Gasteiger partial charge on any atom is -0.373 e. The third kappa shape index (κ3) is 2.33. The molecule has 0 atom stereocenters. The molecule has 1 aromatic rings. The average Bonchev–Trinajstić information content (AvgIpc) is 2.04. The summed E-state index contributed by atoms with van der Waals surface area (Å²) < 4.78 is 58.2. The first kappa shape index (κ1) is 6.64. The maximum absolute atomic E-state index is 12.5. The highest BCUT2D eigenvalue weighted by molar-refractivity contribution is 9.10. The van der Waals surface area contributed by atoms with Gasteiger partial charge in [-0.15, -0.1) is 0 Å². The van der Waals surface area contributed by atoms with Gasteiger partial charge in [-0.2, -0.15) is 13.2 Å². The fourth-order valence-corrected chi connectivity index (χ4v) is 1.09. The van der Waals surface area contributed by atoms with E-state index >= 15 is 0 Å². The van der Waals surface area contributed by atoms with E-state index < -0.39 is 24.5 Å². The summed E-state index contributed by atoms with van der Waals surface area (Å²) in [4.78, 5) is 3.39. The zero-order chi connectivity index (χ0) is 12.6. The van der Waals surface area contributed by atoms with Crippen LogP contribution >= 0.6 is 15.9 Å². The molecule has 0 saturated heterocycles. The van der Waals surface area contributed by atoms with Crippen LogP contribution in [0.2, 0.25) is 0 Å². The van der Waals surface area contributed by atoms with E-state index in [1.807, 2.05) is 0 Å². The van der Waals surface area contributed by atoms with Crippen LogP contribution in [0.4, 0.5) is 19.0 Å². The first-order valence-corrected chi connectivity index (χ1v) is 3.90. The second-order valence-corrected chi connectivity index (χ2v) is 3.09. The van der Waals surface area contributed by atoms with Crippen LogP contribution in [0.25, 0.3) is 0 Å². The van der Waals surface area contributed by atoms with Gasteiger partial charge in [-0.05, 0) is 22.0 Å². The third-order valence-corrected chi connectivity index (χ3v) is 1.71. The summed E-state index contributed by atoms with van der Waals surface area (Å²) in [6.07, 6.45) is -3.58. The molecule has 0 aromatic carbocycles. The highest BCUT2D eigenvalue weighted by Gasteiger charge is 2.34. The summed E-state index contributed by atoms with van der Waals surface area (Å²) in [5.74, 6) is -0.712. The minimum absolute atomic E-state index is 0.121. The summed E-state index contributed by atoms with van der Waals surface area (Å²) >= 11 is 2.84. The van der Waals surface area contributed by atoms with Crippen molar-refractivity contribution in [2.45, 2.75) is 6.18 Å². The summed E-state index contributed by atoms with van der Waals surface area (Å²) in [5, 5.41) is 1.73. The number of nitrogens with one attached hydrogen (secondary N) is 1. The SMILES string of the molecule is [2H]C([2H])([2H])Nc1ncc(Br)cc1C(F)(F)F. The van der Waals surface area contributed by atoms with Crippen molar-refractivity contribution in [3.63, 3.8) is 0 Å². The van der Waals surface area contributed by atoms with Gasteiger partial charge in [-0.25, -0.2) is 4.98 Å². The highest BCUT2D eigenvalue weighted by Crippen LogP contribution is 2.34. The summed E-state index contributed by atoms with van der Waals surface area (Å²) in [7, 11) is 0. The van der Waals surface area contributed by atoms with Crippen LogP contribution in [0, 0.1) is 0 Å². The standard InChI is InChI=1S/C7H6BrF3N2/c1-12-6-5(7(9,10)11)2-4(8)3-13-6/h2-3H,1H3,(H,12,13)/i1D3. The lowest BCUT2D eigenvalue weighted by Crippen LogP contribution is -2.10. The smallest absolute Gasteiger partial charge is 0.373 e. The van der Waals surface area contributed by atoms with Gasteiger partial charge in [-0.1, -0.05) is 0 Å². The van der Waals surface area contributed by atoms with E-state index in [1.54, 1.807) is 5.32 Å². The van der Waals surface area contributed by atoms with Crippen LogP contribution in [-0.4, -0.2) is 12.0 Å². The molecule has 0 saturated carbocycles. The van der Waals surface area contributed by atoms with Crippen LogP contribution in [0.15, 0.2) is 16.7 Å². The Morgan fingerprint density at radius 2 is 2.31 bits per heavy atom. The van der Waals surface area contributed by atoms with Crippen molar-refractivity contribution in [1.29, 1.82) is 0 Å². The maximum Gasteiger partial charge on any atom is 0.419 e. The predicted octanol–water partition coefficient (Wildman–Crippen LogP) is 2.90. The Hall–Kier alpha value is -0.780. The molecular formula is C7H6BrF3N2. The Morgan fingerprint density at radius 1 is 1.62 bits per heavy atom.